The number of benzene rings is 1. The van der Waals surface area contributed by atoms with E-state index >= 15 is 0 Å². The van der Waals surface area contributed by atoms with E-state index in [1.54, 1.807) is 35.6 Å². The summed E-state index contributed by atoms with van der Waals surface area (Å²) in [6, 6.07) is 11.2. The molecule has 0 bridgehead atoms. The summed E-state index contributed by atoms with van der Waals surface area (Å²) >= 11 is 7.51. The van der Waals surface area contributed by atoms with Crippen LogP contribution in [0.15, 0.2) is 36.4 Å². The molecule has 3 nitrogen and oxygen atoms in total. The van der Waals surface area contributed by atoms with Gasteiger partial charge in [-0.05, 0) is 43.3 Å². The van der Waals surface area contributed by atoms with Gasteiger partial charge in [-0.3, -0.25) is 4.79 Å². The number of halogens is 1. The maximum Gasteiger partial charge on any atom is 0.238 e. The number of thiophene rings is 1. The van der Waals surface area contributed by atoms with E-state index in [-0.39, 0.29) is 5.91 Å². The van der Waals surface area contributed by atoms with Gasteiger partial charge in [0, 0.05) is 27.0 Å². The highest BCUT2D eigenvalue weighted by atomic mass is 35.5. The van der Waals surface area contributed by atoms with E-state index in [4.69, 9.17) is 11.6 Å². The zero-order valence-corrected chi connectivity index (χ0v) is 12.1. The van der Waals surface area contributed by atoms with Gasteiger partial charge in [-0.25, -0.2) is 0 Å². The van der Waals surface area contributed by atoms with E-state index in [1.807, 2.05) is 0 Å². The van der Waals surface area contributed by atoms with Crippen molar-refractivity contribution in [1.82, 2.24) is 5.32 Å². The van der Waals surface area contributed by atoms with Gasteiger partial charge in [-0.1, -0.05) is 11.6 Å². The molecule has 0 aliphatic rings. The van der Waals surface area contributed by atoms with Crippen molar-refractivity contribution in [2.75, 3.05) is 11.9 Å². The molecule has 1 amide bonds. The Morgan fingerprint density at radius 1 is 1.21 bits per heavy atom. The van der Waals surface area contributed by atoms with E-state index < -0.39 is 0 Å². The fourth-order valence-electron chi connectivity index (χ4n) is 1.62. The Balaban J connectivity index is 1.74. The summed E-state index contributed by atoms with van der Waals surface area (Å²) in [5.41, 5.74) is 0.753. The predicted octanol–water partition coefficient (Wildman–Crippen LogP) is 3.44. The molecule has 0 unspecified atom stereocenters. The number of rotatable bonds is 5. The summed E-state index contributed by atoms with van der Waals surface area (Å²) < 4.78 is 0. The number of nitrogens with one attached hydrogen (secondary N) is 2. The van der Waals surface area contributed by atoms with Crippen LogP contribution in [0, 0.1) is 6.92 Å². The molecule has 0 spiro atoms. The minimum Gasteiger partial charge on any atom is -0.325 e. The average molecular weight is 295 g/mol. The normalized spacial score (nSPS) is 10.4. The van der Waals surface area contributed by atoms with Crippen LogP contribution < -0.4 is 10.6 Å². The second-order valence-corrected chi connectivity index (χ2v) is 5.98. The quantitative estimate of drug-likeness (QED) is 0.887. The molecule has 100 valence electrons. The molecular weight excluding hydrogens is 280 g/mol. The van der Waals surface area contributed by atoms with Gasteiger partial charge in [-0.15, -0.1) is 11.3 Å². The summed E-state index contributed by atoms with van der Waals surface area (Å²) in [5, 5.41) is 6.58. The van der Waals surface area contributed by atoms with Gasteiger partial charge in [0.15, 0.2) is 0 Å². The predicted molar refractivity (Wildman–Crippen MR) is 80.8 cm³/mol. The third-order valence-electron chi connectivity index (χ3n) is 2.51. The highest BCUT2D eigenvalue weighted by Crippen LogP contribution is 2.14. The van der Waals surface area contributed by atoms with Crippen LogP contribution in [0.3, 0.4) is 0 Å². The first-order valence-corrected chi connectivity index (χ1v) is 7.14. The molecular formula is C14H15ClN2OS. The number of carbonyl (C=O) groups excluding carboxylic acids is 1. The lowest BCUT2D eigenvalue weighted by Gasteiger charge is -2.06. The van der Waals surface area contributed by atoms with Crippen molar-refractivity contribution in [2.24, 2.45) is 0 Å². The summed E-state index contributed by atoms with van der Waals surface area (Å²) in [4.78, 5) is 14.2. The topological polar surface area (TPSA) is 41.1 Å². The van der Waals surface area contributed by atoms with Crippen LogP contribution in [-0.4, -0.2) is 12.5 Å². The van der Waals surface area contributed by atoms with Crippen molar-refractivity contribution in [1.29, 1.82) is 0 Å². The molecule has 0 fully saturated rings. The summed E-state index contributed by atoms with van der Waals surface area (Å²) in [6.45, 7) is 3.08. The first-order valence-electron chi connectivity index (χ1n) is 5.95. The van der Waals surface area contributed by atoms with Crippen LogP contribution in [0.4, 0.5) is 5.69 Å². The summed E-state index contributed by atoms with van der Waals surface area (Å²) in [7, 11) is 0. The molecule has 0 radical (unpaired) electrons. The minimum atomic E-state index is -0.0596. The Kier molecular flexibility index (Phi) is 4.96. The molecule has 5 heteroatoms. The SMILES string of the molecule is Cc1ccc(CNCC(=O)Nc2ccc(Cl)cc2)s1. The fourth-order valence-corrected chi connectivity index (χ4v) is 2.60. The minimum absolute atomic E-state index is 0.0596. The van der Waals surface area contributed by atoms with Crippen LogP contribution >= 0.6 is 22.9 Å². The Morgan fingerprint density at radius 2 is 1.95 bits per heavy atom. The van der Waals surface area contributed by atoms with Gasteiger partial charge in [-0.2, -0.15) is 0 Å². The second kappa shape index (κ2) is 6.70. The molecule has 2 aromatic rings. The first-order chi connectivity index (χ1) is 9.13. The van der Waals surface area contributed by atoms with Gasteiger partial charge in [0.05, 0.1) is 6.54 Å². The largest absolute Gasteiger partial charge is 0.325 e. The van der Waals surface area contributed by atoms with E-state index in [9.17, 15) is 4.79 Å². The Bertz CT molecular complexity index is 551. The van der Waals surface area contributed by atoms with E-state index in [0.717, 1.165) is 5.69 Å². The lowest BCUT2D eigenvalue weighted by atomic mass is 10.3. The number of hydrogen-bond donors (Lipinski definition) is 2. The van der Waals surface area contributed by atoms with Crippen molar-refractivity contribution < 1.29 is 4.79 Å². The van der Waals surface area contributed by atoms with Gasteiger partial charge in [0.25, 0.3) is 0 Å². The van der Waals surface area contributed by atoms with Gasteiger partial charge in [0.2, 0.25) is 5.91 Å². The Labute approximate surface area is 121 Å². The number of anilines is 1. The zero-order valence-electron chi connectivity index (χ0n) is 10.6. The third-order valence-corrected chi connectivity index (χ3v) is 3.76. The molecule has 2 rings (SSSR count). The summed E-state index contributed by atoms with van der Waals surface area (Å²) in [6.07, 6.45) is 0. The van der Waals surface area contributed by atoms with Crippen molar-refractivity contribution in [3.8, 4) is 0 Å². The first kappa shape index (κ1) is 14.1. The molecule has 0 atom stereocenters. The van der Waals surface area contributed by atoms with Crippen molar-refractivity contribution in [3.05, 3.63) is 51.2 Å². The molecule has 2 N–H and O–H groups in total. The third kappa shape index (κ3) is 4.67. The van der Waals surface area contributed by atoms with Crippen LogP contribution in [0.2, 0.25) is 5.02 Å². The highest BCUT2D eigenvalue weighted by Gasteiger charge is 2.02. The molecule has 0 saturated heterocycles. The monoisotopic (exact) mass is 294 g/mol. The van der Waals surface area contributed by atoms with E-state index in [0.29, 0.717) is 18.1 Å². The number of aryl methyl sites for hydroxylation is 1. The standard InChI is InChI=1S/C14H15ClN2OS/c1-10-2-7-13(19-10)8-16-9-14(18)17-12-5-3-11(15)4-6-12/h2-7,16H,8-9H2,1H3,(H,17,18). The Morgan fingerprint density at radius 3 is 2.58 bits per heavy atom. The number of amides is 1. The summed E-state index contributed by atoms with van der Waals surface area (Å²) in [5.74, 6) is -0.0596. The van der Waals surface area contributed by atoms with Crippen molar-refractivity contribution in [3.63, 3.8) is 0 Å². The van der Waals surface area contributed by atoms with Crippen LogP contribution in [0.1, 0.15) is 9.75 Å². The molecule has 1 aromatic carbocycles. The lowest BCUT2D eigenvalue weighted by molar-refractivity contribution is -0.115. The van der Waals surface area contributed by atoms with Gasteiger partial charge >= 0.3 is 0 Å². The van der Waals surface area contributed by atoms with Gasteiger partial charge in [0.1, 0.15) is 0 Å². The lowest BCUT2D eigenvalue weighted by Crippen LogP contribution is -2.27. The maximum absolute atomic E-state index is 11.7. The highest BCUT2D eigenvalue weighted by molar-refractivity contribution is 7.11. The molecule has 0 saturated carbocycles. The van der Waals surface area contributed by atoms with Crippen LogP contribution in [0.25, 0.3) is 0 Å². The van der Waals surface area contributed by atoms with E-state index in [2.05, 4.69) is 29.7 Å². The molecule has 19 heavy (non-hydrogen) atoms. The zero-order chi connectivity index (χ0) is 13.7. The second-order valence-electron chi connectivity index (χ2n) is 4.17. The maximum atomic E-state index is 11.7. The van der Waals surface area contributed by atoms with Gasteiger partial charge < -0.3 is 10.6 Å². The average Bonchev–Trinajstić information content (AvgIpc) is 2.78. The molecule has 0 aliphatic heterocycles. The van der Waals surface area contributed by atoms with Crippen molar-refractivity contribution in [2.45, 2.75) is 13.5 Å². The smallest absolute Gasteiger partial charge is 0.238 e. The van der Waals surface area contributed by atoms with Crippen molar-refractivity contribution >= 4 is 34.5 Å². The fraction of sp³-hybridized carbons (Fsp3) is 0.214. The van der Waals surface area contributed by atoms with Crippen LogP contribution in [0.5, 0.6) is 0 Å². The van der Waals surface area contributed by atoms with E-state index in [1.165, 1.54) is 9.75 Å². The van der Waals surface area contributed by atoms with Crippen LogP contribution in [-0.2, 0) is 11.3 Å². The molecule has 1 aromatic heterocycles. The number of carbonyl (C=O) groups is 1. The molecule has 1 heterocycles. The molecule has 0 aliphatic carbocycles. The number of hydrogen-bond acceptors (Lipinski definition) is 3. The Hall–Kier alpha value is -1.36.